The third kappa shape index (κ3) is 4.57. The zero-order chi connectivity index (χ0) is 15.9. The summed E-state index contributed by atoms with van der Waals surface area (Å²) in [6.07, 6.45) is 2.25. The first-order valence-electron chi connectivity index (χ1n) is 7.35. The van der Waals surface area contributed by atoms with Gasteiger partial charge in [0.25, 0.3) is 0 Å². The molecular weight excluding hydrogens is 286 g/mol. The van der Waals surface area contributed by atoms with Crippen LogP contribution in [0.2, 0.25) is 0 Å². The molecule has 2 N–H and O–H groups in total. The number of hydrogen-bond donors (Lipinski definition) is 2. The van der Waals surface area contributed by atoms with E-state index in [1.807, 2.05) is 13.0 Å². The lowest BCUT2D eigenvalue weighted by Gasteiger charge is -2.35. The molecule has 0 radical (unpaired) electrons. The Labute approximate surface area is 129 Å². The highest BCUT2D eigenvalue weighted by Crippen LogP contribution is 2.12. The predicted octanol–water partition coefficient (Wildman–Crippen LogP) is 0.481. The van der Waals surface area contributed by atoms with Gasteiger partial charge in [0, 0.05) is 45.3 Å². The molecule has 2 rings (SSSR count). The van der Waals surface area contributed by atoms with Gasteiger partial charge >= 0.3 is 12.0 Å². The number of aliphatic carboxylic acids is 1. The topological polar surface area (TPSA) is 98.7 Å². The van der Waals surface area contributed by atoms with Gasteiger partial charge in [-0.2, -0.15) is 0 Å². The van der Waals surface area contributed by atoms with Crippen molar-refractivity contribution in [1.82, 2.24) is 20.2 Å². The Morgan fingerprint density at radius 2 is 2.05 bits per heavy atom. The number of urea groups is 1. The number of piperazine rings is 1. The number of anilines is 1. The molecule has 1 aromatic rings. The fourth-order valence-electron chi connectivity index (χ4n) is 2.31. The summed E-state index contributed by atoms with van der Waals surface area (Å²) in [7, 11) is 0. The smallest absolute Gasteiger partial charge is 0.317 e. The first-order chi connectivity index (χ1) is 10.6. The number of carboxylic acid groups (broad SMARTS) is 1. The summed E-state index contributed by atoms with van der Waals surface area (Å²) in [6, 6.07) is 1.73. The molecule has 1 aromatic heterocycles. The van der Waals surface area contributed by atoms with Crippen LogP contribution in [-0.2, 0) is 4.79 Å². The summed E-state index contributed by atoms with van der Waals surface area (Å²) >= 11 is 0. The van der Waals surface area contributed by atoms with Gasteiger partial charge in [-0.25, -0.2) is 14.8 Å². The van der Waals surface area contributed by atoms with Gasteiger partial charge in [0.05, 0.1) is 0 Å². The number of carbonyl (C=O) groups excluding carboxylic acids is 1. The van der Waals surface area contributed by atoms with E-state index in [-0.39, 0.29) is 12.5 Å². The number of nitrogens with zero attached hydrogens (tertiary/aromatic N) is 4. The van der Waals surface area contributed by atoms with Gasteiger partial charge < -0.3 is 20.2 Å². The highest BCUT2D eigenvalue weighted by molar-refractivity contribution is 5.74. The van der Waals surface area contributed by atoms with E-state index in [9.17, 15) is 9.59 Å². The van der Waals surface area contributed by atoms with Gasteiger partial charge in [-0.05, 0) is 19.4 Å². The SMILES string of the molecule is Cc1nccc(N2CCN(C(=O)NCCCC(=O)O)CC2)n1. The molecule has 0 saturated carbocycles. The monoisotopic (exact) mass is 307 g/mol. The number of amides is 2. The van der Waals surface area contributed by atoms with Crippen LogP contribution in [0.5, 0.6) is 0 Å². The van der Waals surface area contributed by atoms with E-state index >= 15 is 0 Å². The largest absolute Gasteiger partial charge is 0.481 e. The van der Waals surface area contributed by atoms with E-state index in [2.05, 4.69) is 20.2 Å². The van der Waals surface area contributed by atoms with Crippen LogP contribution >= 0.6 is 0 Å². The lowest BCUT2D eigenvalue weighted by atomic mass is 10.3. The minimum Gasteiger partial charge on any atom is -0.481 e. The number of carbonyl (C=O) groups is 2. The zero-order valence-corrected chi connectivity index (χ0v) is 12.7. The molecule has 8 nitrogen and oxygen atoms in total. The number of carboxylic acids is 1. The second-order valence-corrected chi connectivity index (χ2v) is 5.17. The minimum absolute atomic E-state index is 0.0706. The number of aromatic nitrogens is 2. The Morgan fingerprint density at radius 1 is 1.32 bits per heavy atom. The van der Waals surface area contributed by atoms with Crippen molar-refractivity contribution in [3.05, 3.63) is 18.1 Å². The first kappa shape index (κ1) is 16.0. The summed E-state index contributed by atoms with van der Waals surface area (Å²) in [5, 5.41) is 11.3. The van der Waals surface area contributed by atoms with Crippen LogP contribution in [0, 0.1) is 6.92 Å². The standard InChI is InChI=1S/C14H21N5O3/c1-11-15-6-4-12(17-11)18-7-9-19(10-8-18)14(22)16-5-2-3-13(20)21/h4,6H,2-3,5,7-10H2,1H3,(H,16,22)(H,20,21). The number of nitrogens with one attached hydrogen (secondary N) is 1. The maximum absolute atomic E-state index is 12.0. The van der Waals surface area contributed by atoms with E-state index < -0.39 is 5.97 Å². The number of aryl methyl sites for hydroxylation is 1. The summed E-state index contributed by atoms with van der Waals surface area (Å²) in [5.41, 5.74) is 0. The van der Waals surface area contributed by atoms with E-state index in [0.29, 0.717) is 26.1 Å². The molecule has 1 saturated heterocycles. The van der Waals surface area contributed by atoms with Gasteiger partial charge in [-0.1, -0.05) is 0 Å². The quantitative estimate of drug-likeness (QED) is 0.768. The lowest BCUT2D eigenvalue weighted by Crippen LogP contribution is -2.52. The average molecular weight is 307 g/mol. The van der Waals surface area contributed by atoms with Crippen molar-refractivity contribution in [2.75, 3.05) is 37.6 Å². The van der Waals surface area contributed by atoms with Gasteiger partial charge in [0.15, 0.2) is 0 Å². The molecule has 0 atom stereocenters. The van der Waals surface area contributed by atoms with Crippen LogP contribution in [0.3, 0.4) is 0 Å². The van der Waals surface area contributed by atoms with Crippen LogP contribution in [0.15, 0.2) is 12.3 Å². The maximum atomic E-state index is 12.0. The third-order valence-corrected chi connectivity index (χ3v) is 3.50. The zero-order valence-electron chi connectivity index (χ0n) is 12.7. The van der Waals surface area contributed by atoms with Crippen molar-refractivity contribution >= 4 is 17.8 Å². The van der Waals surface area contributed by atoms with E-state index in [1.165, 1.54) is 0 Å². The van der Waals surface area contributed by atoms with Crippen molar-refractivity contribution in [2.24, 2.45) is 0 Å². The fraction of sp³-hybridized carbons (Fsp3) is 0.571. The van der Waals surface area contributed by atoms with Crippen LogP contribution in [0.4, 0.5) is 10.6 Å². The highest BCUT2D eigenvalue weighted by Gasteiger charge is 2.21. The number of hydrogen-bond acceptors (Lipinski definition) is 5. The van der Waals surface area contributed by atoms with Crippen molar-refractivity contribution in [3.8, 4) is 0 Å². The van der Waals surface area contributed by atoms with Gasteiger partial charge in [0.2, 0.25) is 0 Å². The Morgan fingerprint density at radius 3 is 2.68 bits per heavy atom. The predicted molar refractivity (Wildman–Crippen MR) is 80.8 cm³/mol. The number of rotatable bonds is 5. The Balaban J connectivity index is 1.74. The highest BCUT2D eigenvalue weighted by atomic mass is 16.4. The van der Waals surface area contributed by atoms with Crippen LogP contribution < -0.4 is 10.2 Å². The van der Waals surface area contributed by atoms with Crippen LogP contribution in [-0.4, -0.2) is 64.7 Å². The maximum Gasteiger partial charge on any atom is 0.317 e. The second-order valence-electron chi connectivity index (χ2n) is 5.17. The Kier molecular flexibility index (Phi) is 5.51. The van der Waals surface area contributed by atoms with Gasteiger partial charge in [0.1, 0.15) is 11.6 Å². The summed E-state index contributed by atoms with van der Waals surface area (Å²) in [5.74, 6) is 0.771. The first-order valence-corrected chi connectivity index (χ1v) is 7.35. The molecular formula is C14H21N5O3. The fourth-order valence-corrected chi connectivity index (χ4v) is 2.31. The normalized spacial score (nSPS) is 14.8. The molecule has 1 aliphatic heterocycles. The van der Waals surface area contributed by atoms with E-state index in [0.717, 1.165) is 24.7 Å². The Hall–Kier alpha value is -2.38. The Bertz CT molecular complexity index is 529. The van der Waals surface area contributed by atoms with Crippen molar-refractivity contribution in [3.63, 3.8) is 0 Å². The molecule has 2 heterocycles. The summed E-state index contributed by atoms with van der Waals surface area (Å²) < 4.78 is 0. The average Bonchev–Trinajstić information content (AvgIpc) is 2.51. The molecule has 120 valence electrons. The van der Waals surface area contributed by atoms with Gasteiger partial charge in [-0.15, -0.1) is 0 Å². The second kappa shape index (κ2) is 7.58. The molecule has 2 amide bonds. The van der Waals surface area contributed by atoms with Crippen molar-refractivity contribution in [2.45, 2.75) is 19.8 Å². The molecule has 22 heavy (non-hydrogen) atoms. The molecule has 0 spiro atoms. The molecule has 0 bridgehead atoms. The van der Waals surface area contributed by atoms with E-state index in [1.54, 1.807) is 11.1 Å². The van der Waals surface area contributed by atoms with Crippen LogP contribution in [0.1, 0.15) is 18.7 Å². The van der Waals surface area contributed by atoms with E-state index in [4.69, 9.17) is 5.11 Å². The van der Waals surface area contributed by atoms with Gasteiger partial charge in [-0.3, -0.25) is 4.79 Å². The molecule has 1 aliphatic rings. The lowest BCUT2D eigenvalue weighted by molar-refractivity contribution is -0.137. The summed E-state index contributed by atoms with van der Waals surface area (Å²) in [4.78, 5) is 34.7. The molecule has 0 aliphatic carbocycles. The molecule has 0 aromatic carbocycles. The van der Waals surface area contributed by atoms with Crippen molar-refractivity contribution in [1.29, 1.82) is 0 Å². The third-order valence-electron chi connectivity index (χ3n) is 3.50. The molecule has 1 fully saturated rings. The minimum atomic E-state index is -0.844. The van der Waals surface area contributed by atoms with Crippen LogP contribution in [0.25, 0.3) is 0 Å². The molecule has 8 heteroatoms. The van der Waals surface area contributed by atoms with Crippen molar-refractivity contribution < 1.29 is 14.7 Å². The summed E-state index contributed by atoms with van der Waals surface area (Å²) in [6.45, 7) is 4.92. The molecule has 0 unspecified atom stereocenters.